The molecule has 0 saturated heterocycles. The van der Waals surface area contributed by atoms with Gasteiger partial charge in [-0.1, -0.05) is 24.3 Å². The van der Waals surface area contributed by atoms with Gasteiger partial charge in [-0.05, 0) is 53.6 Å². The first-order valence-corrected chi connectivity index (χ1v) is 7.43. The molecule has 0 atom stereocenters. The fraction of sp³-hybridized carbons (Fsp3) is 0.105. The molecule has 1 aliphatic carbocycles. The third-order valence-electron chi connectivity index (χ3n) is 4.31. The standard InChI is InChI=1S/C19H13F2NO/c20-15-8-6-13(10-16(15)21)19(23)22-17-9-7-12-5-4-11-2-1-3-14(17)18(11)12/h1-3,6-10H,4-5H2,(H,22,23). The van der Waals surface area contributed by atoms with Crippen LogP contribution >= 0.6 is 0 Å². The number of halogens is 2. The van der Waals surface area contributed by atoms with Crippen molar-refractivity contribution >= 4 is 22.4 Å². The first-order valence-electron chi connectivity index (χ1n) is 7.43. The zero-order valence-electron chi connectivity index (χ0n) is 12.2. The number of amides is 1. The predicted octanol–water partition coefficient (Wildman–Crippen LogP) is 4.47. The second-order valence-electron chi connectivity index (χ2n) is 5.69. The number of anilines is 1. The minimum Gasteiger partial charge on any atom is -0.321 e. The average Bonchev–Trinajstić information content (AvgIpc) is 2.97. The minimum atomic E-state index is -1.03. The number of carbonyl (C=O) groups excluding carboxylic acids is 1. The van der Waals surface area contributed by atoms with Crippen LogP contribution in [0.2, 0.25) is 0 Å². The summed E-state index contributed by atoms with van der Waals surface area (Å²) in [6, 6.07) is 13.1. The quantitative estimate of drug-likeness (QED) is 0.743. The molecule has 1 amide bonds. The highest BCUT2D eigenvalue weighted by molar-refractivity contribution is 6.10. The van der Waals surface area contributed by atoms with Crippen LogP contribution in [0.25, 0.3) is 10.8 Å². The van der Waals surface area contributed by atoms with Gasteiger partial charge in [0, 0.05) is 16.6 Å². The summed E-state index contributed by atoms with van der Waals surface area (Å²) < 4.78 is 26.3. The molecular weight excluding hydrogens is 296 g/mol. The van der Waals surface area contributed by atoms with Crippen LogP contribution in [-0.2, 0) is 12.8 Å². The highest BCUT2D eigenvalue weighted by Gasteiger charge is 2.17. The van der Waals surface area contributed by atoms with E-state index in [4.69, 9.17) is 0 Å². The van der Waals surface area contributed by atoms with Gasteiger partial charge in [0.25, 0.3) is 5.91 Å². The van der Waals surface area contributed by atoms with Crippen LogP contribution in [0, 0.1) is 11.6 Å². The number of aryl methyl sites for hydroxylation is 2. The molecule has 0 radical (unpaired) electrons. The van der Waals surface area contributed by atoms with Crippen molar-refractivity contribution in [1.82, 2.24) is 0 Å². The van der Waals surface area contributed by atoms with Gasteiger partial charge >= 0.3 is 0 Å². The summed E-state index contributed by atoms with van der Waals surface area (Å²) in [7, 11) is 0. The number of nitrogens with one attached hydrogen (secondary N) is 1. The van der Waals surface area contributed by atoms with Crippen LogP contribution in [-0.4, -0.2) is 5.91 Å². The Labute approximate surface area is 131 Å². The SMILES string of the molecule is O=C(Nc1ccc2c3c(cccc13)CC2)c1ccc(F)c(F)c1. The van der Waals surface area contributed by atoms with Crippen molar-refractivity contribution in [3.63, 3.8) is 0 Å². The van der Waals surface area contributed by atoms with E-state index in [1.165, 1.54) is 22.6 Å². The second kappa shape index (κ2) is 5.16. The maximum absolute atomic E-state index is 13.3. The maximum Gasteiger partial charge on any atom is 0.255 e. The molecule has 0 spiro atoms. The van der Waals surface area contributed by atoms with Crippen LogP contribution in [0.5, 0.6) is 0 Å². The lowest BCUT2D eigenvalue weighted by molar-refractivity contribution is 0.102. The molecular formula is C19H13F2NO. The molecule has 4 rings (SSSR count). The Morgan fingerprint density at radius 1 is 0.913 bits per heavy atom. The fourth-order valence-corrected chi connectivity index (χ4v) is 3.19. The molecule has 0 aromatic heterocycles. The van der Waals surface area contributed by atoms with Gasteiger partial charge in [0.05, 0.1) is 0 Å². The Morgan fingerprint density at radius 2 is 1.70 bits per heavy atom. The average molecular weight is 309 g/mol. The smallest absolute Gasteiger partial charge is 0.255 e. The van der Waals surface area contributed by atoms with Gasteiger partial charge in [0.15, 0.2) is 11.6 Å². The second-order valence-corrected chi connectivity index (χ2v) is 5.69. The van der Waals surface area contributed by atoms with E-state index in [-0.39, 0.29) is 5.56 Å². The van der Waals surface area contributed by atoms with Gasteiger partial charge in [-0.25, -0.2) is 8.78 Å². The van der Waals surface area contributed by atoms with E-state index in [1.54, 1.807) is 0 Å². The van der Waals surface area contributed by atoms with Crippen LogP contribution in [0.1, 0.15) is 21.5 Å². The summed E-state index contributed by atoms with van der Waals surface area (Å²) in [4.78, 5) is 12.3. The predicted molar refractivity (Wildman–Crippen MR) is 85.7 cm³/mol. The van der Waals surface area contributed by atoms with E-state index in [0.29, 0.717) is 5.69 Å². The molecule has 0 saturated carbocycles. The highest BCUT2D eigenvalue weighted by atomic mass is 19.2. The van der Waals surface area contributed by atoms with Crippen molar-refractivity contribution in [2.24, 2.45) is 0 Å². The Kier molecular flexibility index (Phi) is 3.11. The first kappa shape index (κ1) is 13.9. The summed E-state index contributed by atoms with van der Waals surface area (Å²) in [5, 5.41) is 4.97. The van der Waals surface area contributed by atoms with Gasteiger partial charge in [-0.3, -0.25) is 4.79 Å². The zero-order valence-corrected chi connectivity index (χ0v) is 12.2. The highest BCUT2D eigenvalue weighted by Crippen LogP contribution is 2.35. The molecule has 23 heavy (non-hydrogen) atoms. The first-order chi connectivity index (χ1) is 11.1. The summed E-state index contributed by atoms with van der Waals surface area (Å²) in [6.07, 6.45) is 2.01. The molecule has 0 aliphatic heterocycles. The molecule has 0 fully saturated rings. The molecule has 0 unspecified atom stereocenters. The Bertz CT molecular complexity index is 939. The Hall–Kier alpha value is -2.75. The number of carbonyl (C=O) groups is 1. The fourth-order valence-electron chi connectivity index (χ4n) is 3.19. The third-order valence-corrected chi connectivity index (χ3v) is 4.31. The zero-order chi connectivity index (χ0) is 16.0. The van der Waals surface area contributed by atoms with Gasteiger partial charge in [0.2, 0.25) is 0 Å². The number of hydrogen-bond donors (Lipinski definition) is 1. The number of hydrogen-bond acceptors (Lipinski definition) is 1. The minimum absolute atomic E-state index is 0.0900. The molecule has 0 bridgehead atoms. The van der Waals surface area contributed by atoms with Crippen molar-refractivity contribution in [3.8, 4) is 0 Å². The molecule has 4 heteroatoms. The van der Waals surface area contributed by atoms with Crippen LogP contribution in [0.3, 0.4) is 0 Å². The summed E-state index contributed by atoms with van der Waals surface area (Å²) in [6.45, 7) is 0. The van der Waals surface area contributed by atoms with E-state index in [9.17, 15) is 13.6 Å². The van der Waals surface area contributed by atoms with Gasteiger partial charge < -0.3 is 5.32 Å². The number of benzene rings is 3. The molecule has 1 N–H and O–H groups in total. The third kappa shape index (κ3) is 2.27. The summed E-state index contributed by atoms with van der Waals surface area (Å²) in [5.74, 6) is -2.45. The van der Waals surface area contributed by atoms with E-state index in [0.717, 1.165) is 30.4 Å². The number of rotatable bonds is 2. The van der Waals surface area contributed by atoms with E-state index in [1.807, 2.05) is 24.3 Å². The van der Waals surface area contributed by atoms with Crippen molar-refractivity contribution in [2.45, 2.75) is 12.8 Å². The normalized spacial score (nSPS) is 12.6. The topological polar surface area (TPSA) is 29.1 Å². The summed E-state index contributed by atoms with van der Waals surface area (Å²) >= 11 is 0. The molecule has 114 valence electrons. The van der Waals surface area contributed by atoms with E-state index in [2.05, 4.69) is 11.4 Å². The van der Waals surface area contributed by atoms with Crippen molar-refractivity contribution in [1.29, 1.82) is 0 Å². The molecule has 3 aromatic carbocycles. The van der Waals surface area contributed by atoms with Crippen molar-refractivity contribution in [2.75, 3.05) is 5.32 Å². The Balaban J connectivity index is 1.73. The molecule has 1 aliphatic rings. The summed E-state index contributed by atoms with van der Waals surface area (Å²) in [5.41, 5.74) is 3.33. The van der Waals surface area contributed by atoms with E-state index < -0.39 is 17.5 Å². The monoisotopic (exact) mass is 309 g/mol. The van der Waals surface area contributed by atoms with Crippen LogP contribution < -0.4 is 5.32 Å². The lowest BCUT2D eigenvalue weighted by Gasteiger charge is -2.11. The maximum atomic E-state index is 13.3. The van der Waals surface area contributed by atoms with Crippen LogP contribution in [0.4, 0.5) is 14.5 Å². The van der Waals surface area contributed by atoms with Gasteiger partial charge in [-0.15, -0.1) is 0 Å². The van der Waals surface area contributed by atoms with E-state index >= 15 is 0 Å². The van der Waals surface area contributed by atoms with Gasteiger partial charge in [-0.2, -0.15) is 0 Å². The van der Waals surface area contributed by atoms with Crippen LogP contribution in [0.15, 0.2) is 48.5 Å². The lowest BCUT2D eigenvalue weighted by Crippen LogP contribution is -2.12. The Morgan fingerprint density at radius 3 is 2.48 bits per heavy atom. The molecule has 3 aromatic rings. The largest absolute Gasteiger partial charge is 0.321 e. The van der Waals surface area contributed by atoms with Crippen molar-refractivity contribution < 1.29 is 13.6 Å². The lowest BCUT2D eigenvalue weighted by atomic mass is 10.0. The van der Waals surface area contributed by atoms with Gasteiger partial charge in [0.1, 0.15) is 0 Å². The molecule has 0 heterocycles. The van der Waals surface area contributed by atoms with Crippen molar-refractivity contribution in [3.05, 3.63) is 76.9 Å². The molecule has 2 nitrogen and oxygen atoms in total.